The zero-order valence-corrected chi connectivity index (χ0v) is 15.4. The summed E-state index contributed by atoms with van der Waals surface area (Å²) < 4.78 is 5.84. The summed E-state index contributed by atoms with van der Waals surface area (Å²) in [7, 11) is 0. The lowest BCUT2D eigenvalue weighted by atomic mass is 9.58. The Labute approximate surface area is 146 Å². The number of hydrogen-bond acceptors (Lipinski definition) is 4. The molecule has 1 N–H and O–H groups in total. The summed E-state index contributed by atoms with van der Waals surface area (Å²) in [6, 6.07) is -0.0387. The molecule has 5 nitrogen and oxygen atoms in total. The van der Waals surface area contributed by atoms with Gasteiger partial charge in [-0.15, -0.1) is 0 Å². The highest BCUT2D eigenvalue weighted by molar-refractivity contribution is 5.81. The van der Waals surface area contributed by atoms with Crippen molar-refractivity contribution in [1.82, 2.24) is 9.80 Å². The fourth-order valence-electron chi connectivity index (χ4n) is 4.86. The fourth-order valence-corrected chi connectivity index (χ4v) is 4.86. The zero-order chi connectivity index (χ0) is 17.2. The van der Waals surface area contributed by atoms with E-state index in [1.54, 1.807) is 0 Å². The van der Waals surface area contributed by atoms with Gasteiger partial charge < -0.3 is 14.7 Å². The number of amides is 1. The van der Waals surface area contributed by atoms with Gasteiger partial charge in [0.05, 0.1) is 18.2 Å². The zero-order valence-electron chi connectivity index (χ0n) is 15.4. The minimum atomic E-state index is -0.229. The molecule has 138 valence electrons. The van der Waals surface area contributed by atoms with Crippen molar-refractivity contribution in [3.05, 3.63) is 0 Å². The lowest BCUT2D eigenvalue weighted by Crippen LogP contribution is -2.63. The van der Waals surface area contributed by atoms with Gasteiger partial charge in [-0.3, -0.25) is 9.69 Å². The van der Waals surface area contributed by atoms with Crippen molar-refractivity contribution in [1.29, 1.82) is 0 Å². The van der Waals surface area contributed by atoms with Gasteiger partial charge in [-0.05, 0) is 52.6 Å². The average Bonchev–Trinajstić information content (AvgIpc) is 2.90. The second kappa shape index (κ2) is 7.71. The predicted molar refractivity (Wildman–Crippen MR) is 93.8 cm³/mol. The molecule has 5 heteroatoms. The third-order valence-corrected chi connectivity index (χ3v) is 6.66. The summed E-state index contributed by atoms with van der Waals surface area (Å²) in [6.07, 6.45) is 7.42. The molecule has 3 rings (SSSR count). The Bertz CT molecular complexity index is 424. The van der Waals surface area contributed by atoms with Crippen LogP contribution < -0.4 is 0 Å². The number of piperidine rings is 1. The van der Waals surface area contributed by atoms with E-state index in [0.717, 1.165) is 58.3 Å². The van der Waals surface area contributed by atoms with Crippen molar-refractivity contribution < 1.29 is 14.6 Å². The summed E-state index contributed by atoms with van der Waals surface area (Å²) >= 11 is 0. The molecule has 3 unspecified atom stereocenters. The van der Waals surface area contributed by atoms with Crippen molar-refractivity contribution in [2.75, 3.05) is 32.8 Å². The molecule has 2 heterocycles. The van der Waals surface area contributed by atoms with Crippen LogP contribution in [0.25, 0.3) is 0 Å². The second-order valence-electron chi connectivity index (χ2n) is 7.88. The van der Waals surface area contributed by atoms with Crippen LogP contribution in [0.3, 0.4) is 0 Å². The van der Waals surface area contributed by atoms with E-state index in [2.05, 4.69) is 16.7 Å². The third kappa shape index (κ3) is 3.35. The maximum absolute atomic E-state index is 12.8. The molecule has 0 bridgehead atoms. The molecular formula is C19H34N2O3. The van der Waals surface area contributed by atoms with Crippen LogP contribution in [0.5, 0.6) is 0 Å². The largest absolute Gasteiger partial charge is 0.392 e. The van der Waals surface area contributed by atoms with Crippen LogP contribution in [0, 0.1) is 5.41 Å². The van der Waals surface area contributed by atoms with E-state index in [9.17, 15) is 9.90 Å². The fraction of sp³-hybridized carbons (Fsp3) is 0.947. The molecule has 0 aromatic carbocycles. The first-order chi connectivity index (χ1) is 11.6. The Kier molecular flexibility index (Phi) is 5.83. The second-order valence-corrected chi connectivity index (χ2v) is 7.88. The van der Waals surface area contributed by atoms with Crippen molar-refractivity contribution in [3.8, 4) is 0 Å². The average molecular weight is 338 g/mol. The van der Waals surface area contributed by atoms with Gasteiger partial charge in [0.1, 0.15) is 0 Å². The van der Waals surface area contributed by atoms with E-state index in [0.29, 0.717) is 12.5 Å². The third-order valence-electron chi connectivity index (χ3n) is 6.66. The van der Waals surface area contributed by atoms with Gasteiger partial charge in [-0.2, -0.15) is 0 Å². The lowest BCUT2D eigenvalue weighted by Gasteiger charge is -2.57. The first-order valence-corrected chi connectivity index (χ1v) is 9.91. The van der Waals surface area contributed by atoms with E-state index >= 15 is 0 Å². The highest BCUT2D eigenvalue weighted by Crippen LogP contribution is 2.51. The van der Waals surface area contributed by atoms with Crippen LogP contribution in [0.15, 0.2) is 0 Å². The molecule has 1 saturated carbocycles. The number of aliphatic hydroxyl groups excluding tert-OH is 1. The summed E-state index contributed by atoms with van der Waals surface area (Å²) in [4.78, 5) is 17.2. The Morgan fingerprint density at radius 2 is 1.79 bits per heavy atom. The SMILES string of the molecule is CCOC1CC(O)C12CCN(C(C)C(=O)N1CCCCCC1)CC2. The highest BCUT2D eigenvalue weighted by atomic mass is 16.5. The van der Waals surface area contributed by atoms with Crippen LogP contribution in [0.4, 0.5) is 0 Å². The number of ether oxygens (including phenoxy) is 1. The number of aliphatic hydroxyl groups is 1. The maximum Gasteiger partial charge on any atom is 0.239 e. The number of rotatable bonds is 4. The van der Waals surface area contributed by atoms with Crippen molar-refractivity contribution in [3.63, 3.8) is 0 Å². The monoisotopic (exact) mass is 338 g/mol. The molecule has 0 aromatic rings. The normalized spacial score (nSPS) is 32.2. The van der Waals surface area contributed by atoms with Crippen LogP contribution >= 0.6 is 0 Å². The van der Waals surface area contributed by atoms with Crippen LogP contribution in [0.2, 0.25) is 0 Å². The standard InChI is InChI=1S/C19H34N2O3/c1-3-24-17-14-16(22)19(17)8-12-20(13-9-19)15(2)18(23)21-10-6-4-5-7-11-21/h15-17,22H,3-14H2,1-2H3. The Hall–Kier alpha value is -0.650. The highest BCUT2D eigenvalue weighted by Gasteiger charge is 2.56. The molecule has 2 saturated heterocycles. The lowest BCUT2D eigenvalue weighted by molar-refractivity contribution is -0.211. The first kappa shape index (κ1) is 18.2. The predicted octanol–water partition coefficient (Wildman–Crippen LogP) is 2.03. The van der Waals surface area contributed by atoms with E-state index < -0.39 is 0 Å². The first-order valence-electron chi connectivity index (χ1n) is 9.91. The van der Waals surface area contributed by atoms with Gasteiger partial charge in [0, 0.05) is 31.5 Å². The van der Waals surface area contributed by atoms with Crippen LogP contribution in [-0.2, 0) is 9.53 Å². The molecule has 24 heavy (non-hydrogen) atoms. The smallest absolute Gasteiger partial charge is 0.239 e. The summed E-state index contributed by atoms with van der Waals surface area (Å²) in [6.45, 7) is 8.42. The molecule has 0 radical (unpaired) electrons. The quantitative estimate of drug-likeness (QED) is 0.852. The topological polar surface area (TPSA) is 53.0 Å². The number of carbonyl (C=O) groups excluding carboxylic acids is 1. The molecule has 3 aliphatic rings. The van der Waals surface area contributed by atoms with E-state index in [1.807, 2.05) is 6.92 Å². The summed E-state index contributed by atoms with van der Waals surface area (Å²) in [5, 5.41) is 10.3. The van der Waals surface area contributed by atoms with Gasteiger partial charge in [0.15, 0.2) is 0 Å². The van der Waals surface area contributed by atoms with Gasteiger partial charge in [0.2, 0.25) is 5.91 Å². The van der Waals surface area contributed by atoms with Crippen molar-refractivity contribution in [2.45, 2.75) is 77.0 Å². The molecule has 3 fully saturated rings. The molecule has 3 atom stereocenters. The van der Waals surface area contributed by atoms with E-state index in [-0.39, 0.29) is 23.7 Å². The van der Waals surface area contributed by atoms with Crippen LogP contribution in [-0.4, -0.2) is 71.8 Å². The Balaban J connectivity index is 1.54. The number of nitrogens with zero attached hydrogens (tertiary/aromatic N) is 2. The van der Waals surface area contributed by atoms with E-state index in [1.165, 1.54) is 12.8 Å². The number of likely N-dealkylation sites (tertiary alicyclic amines) is 2. The number of hydrogen-bond donors (Lipinski definition) is 1. The van der Waals surface area contributed by atoms with E-state index in [4.69, 9.17) is 4.74 Å². The summed E-state index contributed by atoms with van der Waals surface area (Å²) in [5.41, 5.74) is -0.0577. The number of carbonyl (C=O) groups is 1. The maximum atomic E-state index is 12.8. The Morgan fingerprint density at radius 1 is 1.17 bits per heavy atom. The summed E-state index contributed by atoms with van der Waals surface area (Å²) in [5.74, 6) is 0.295. The van der Waals surface area contributed by atoms with Gasteiger partial charge in [-0.25, -0.2) is 0 Å². The molecule has 1 aliphatic carbocycles. The minimum Gasteiger partial charge on any atom is -0.392 e. The van der Waals surface area contributed by atoms with Gasteiger partial charge >= 0.3 is 0 Å². The minimum absolute atomic E-state index is 0.0387. The molecular weight excluding hydrogens is 304 g/mol. The van der Waals surface area contributed by atoms with Crippen molar-refractivity contribution in [2.24, 2.45) is 5.41 Å². The van der Waals surface area contributed by atoms with Gasteiger partial charge in [-0.1, -0.05) is 12.8 Å². The van der Waals surface area contributed by atoms with Gasteiger partial charge in [0.25, 0.3) is 0 Å². The van der Waals surface area contributed by atoms with Crippen molar-refractivity contribution >= 4 is 5.91 Å². The molecule has 2 aliphatic heterocycles. The molecule has 1 amide bonds. The molecule has 0 aromatic heterocycles. The van der Waals surface area contributed by atoms with Crippen LogP contribution in [0.1, 0.15) is 58.8 Å². The Morgan fingerprint density at radius 3 is 2.33 bits per heavy atom. The molecule has 1 spiro atoms.